The number of fused-ring (bicyclic) bond motifs is 3. The summed E-state index contributed by atoms with van der Waals surface area (Å²) in [4.78, 5) is 26.6. The molecule has 2 aliphatic heterocycles. The molecule has 134 valence electrons. The minimum absolute atomic E-state index is 0.0325. The summed E-state index contributed by atoms with van der Waals surface area (Å²) in [6.45, 7) is 5.36. The van der Waals surface area contributed by atoms with Crippen molar-refractivity contribution < 1.29 is 22.7 Å². The van der Waals surface area contributed by atoms with E-state index >= 15 is 0 Å². The molecule has 2 aliphatic rings. The first-order valence-electron chi connectivity index (χ1n) is 7.69. The number of thioether (sulfide) groups is 1. The lowest BCUT2D eigenvalue weighted by Crippen LogP contribution is -2.35. The fourth-order valence-corrected chi connectivity index (χ4v) is 4.58. The summed E-state index contributed by atoms with van der Waals surface area (Å²) < 4.78 is 32.1. The van der Waals surface area contributed by atoms with Gasteiger partial charge in [0.25, 0.3) is 10.0 Å². The highest BCUT2D eigenvalue weighted by atomic mass is 32.2. The van der Waals surface area contributed by atoms with Crippen molar-refractivity contribution in [3.8, 4) is 0 Å². The van der Waals surface area contributed by atoms with Crippen LogP contribution in [-0.4, -0.2) is 44.2 Å². The zero-order valence-corrected chi connectivity index (χ0v) is 15.7. The third kappa shape index (κ3) is 3.72. The van der Waals surface area contributed by atoms with Crippen molar-refractivity contribution in [2.75, 3.05) is 23.8 Å². The molecular formula is C16H18N2O5S2. The molecule has 0 saturated carbocycles. The van der Waals surface area contributed by atoms with E-state index in [2.05, 4.69) is 4.40 Å². The molecule has 1 aromatic carbocycles. The Morgan fingerprint density at radius 1 is 1.32 bits per heavy atom. The van der Waals surface area contributed by atoms with E-state index in [0.717, 1.165) is 10.6 Å². The van der Waals surface area contributed by atoms with Gasteiger partial charge in [-0.05, 0) is 30.0 Å². The summed E-state index contributed by atoms with van der Waals surface area (Å²) >= 11 is 1.20. The molecule has 0 aromatic heterocycles. The second-order valence-corrected chi connectivity index (χ2v) is 9.61. The Kier molecular flexibility index (Phi) is 4.40. The third-order valence-corrected chi connectivity index (χ3v) is 6.19. The Hall–Kier alpha value is -1.87. The molecule has 0 fully saturated rings. The van der Waals surface area contributed by atoms with Crippen molar-refractivity contribution in [1.82, 2.24) is 0 Å². The fraction of sp³-hybridized carbons (Fsp3) is 0.438. The second-order valence-electron chi connectivity index (χ2n) is 6.85. The van der Waals surface area contributed by atoms with Gasteiger partial charge in [0.2, 0.25) is 0 Å². The highest BCUT2D eigenvalue weighted by Crippen LogP contribution is 2.42. The zero-order chi connectivity index (χ0) is 18.4. The van der Waals surface area contributed by atoms with Crippen LogP contribution in [0.3, 0.4) is 0 Å². The van der Waals surface area contributed by atoms with Crippen molar-refractivity contribution in [1.29, 1.82) is 0 Å². The van der Waals surface area contributed by atoms with E-state index in [0.29, 0.717) is 17.3 Å². The maximum Gasteiger partial charge on any atom is 0.338 e. The van der Waals surface area contributed by atoms with E-state index in [1.165, 1.54) is 11.8 Å². The van der Waals surface area contributed by atoms with Crippen LogP contribution in [0.5, 0.6) is 0 Å². The first-order valence-corrected chi connectivity index (χ1v) is 10.1. The number of esters is 1. The normalized spacial score (nSPS) is 18.2. The number of nitrogens with zero attached hydrogens (tertiary/aromatic N) is 2. The average Bonchev–Trinajstić information content (AvgIpc) is 2.85. The Morgan fingerprint density at radius 2 is 2.04 bits per heavy atom. The number of anilines is 1. The molecule has 9 heteroatoms. The molecule has 25 heavy (non-hydrogen) atoms. The van der Waals surface area contributed by atoms with Crippen molar-refractivity contribution >= 4 is 44.4 Å². The monoisotopic (exact) mass is 382 g/mol. The number of hydrogen-bond donors (Lipinski definition) is 0. The minimum atomic E-state index is -3.42. The SMILES string of the molecule is CC(C)(C)C(=O)COC(=O)c1ccc2c(c1)SC1=NS(=O)(=O)CCN12. The van der Waals surface area contributed by atoms with E-state index in [1.807, 2.05) is 4.90 Å². The van der Waals surface area contributed by atoms with Gasteiger partial charge in [0, 0.05) is 16.9 Å². The van der Waals surface area contributed by atoms with Crippen LogP contribution in [0.1, 0.15) is 31.1 Å². The number of carbonyl (C=O) groups excluding carboxylic acids is 2. The van der Waals surface area contributed by atoms with Gasteiger partial charge in [-0.1, -0.05) is 20.8 Å². The standard InChI is InChI=1S/C16H18N2O5S2/c1-16(2,3)13(19)9-23-14(20)10-4-5-11-12(8-10)24-15-17-25(21,22)7-6-18(11)15/h4-5,8H,6-7,9H2,1-3H3. The zero-order valence-electron chi connectivity index (χ0n) is 14.1. The first kappa shape index (κ1) is 17.9. The Bertz CT molecular complexity index is 884. The predicted octanol–water partition coefficient (Wildman–Crippen LogP) is 2.07. The van der Waals surface area contributed by atoms with Crippen molar-refractivity contribution in [2.45, 2.75) is 25.7 Å². The number of ketones is 1. The molecule has 3 rings (SSSR count). The number of sulfonamides is 1. The van der Waals surface area contributed by atoms with Crippen LogP contribution in [0.15, 0.2) is 27.5 Å². The summed E-state index contributed by atoms with van der Waals surface area (Å²) in [7, 11) is -3.42. The predicted molar refractivity (Wildman–Crippen MR) is 95.6 cm³/mol. The van der Waals surface area contributed by atoms with Gasteiger partial charge in [-0.3, -0.25) is 4.79 Å². The van der Waals surface area contributed by atoms with Crippen LogP contribution in [0.25, 0.3) is 0 Å². The van der Waals surface area contributed by atoms with Crippen LogP contribution in [-0.2, 0) is 19.6 Å². The van der Waals surface area contributed by atoms with Gasteiger partial charge in [-0.25, -0.2) is 13.2 Å². The molecule has 7 nitrogen and oxygen atoms in total. The van der Waals surface area contributed by atoms with Gasteiger partial charge in [-0.2, -0.15) is 0 Å². The van der Waals surface area contributed by atoms with Gasteiger partial charge in [0.05, 0.1) is 17.0 Å². The molecule has 0 N–H and O–H groups in total. The number of amidine groups is 1. The summed E-state index contributed by atoms with van der Waals surface area (Å²) in [6, 6.07) is 4.98. The molecule has 0 spiro atoms. The number of carbonyl (C=O) groups is 2. The highest BCUT2D eigenvalue weighted by molar-refractivity contribution is 8.15. The van der Waals surface area contributed by atoms with E-state index in [-0.39, 0.29) is 18.1 Å². The van der Waals surface area contributed by atoms with Crippen molar-refractivity contribution in [3.05, 3.63) is 23.8 Å². The maximum absolute atomic E-state index is 12.2. The van der Waals surface area contributed by atoms with Gasteiger partial charge in [0.15, 0.2) is 17.6 Å². The molecule has 0 atom stereocenters. The Morgan fingerprint density at radius 3 is 2.72 bits per heavy atom. The van der Waals surface area contributed by atoms with Crippen LogP contribution < -0.4 is 4.90 Å². The van der Waals surface area contributed by atoms with E-state index in [4.69, 9.17) is 4.74 Å². The molecule has 1 aromatic rings. The third-order valence-electron chi connectivity index (χ3n) is 3.88. The van der Waals surface area contributed by atoms with Crippen LogP contribution in [0, 0.1) is 5.41 Å². The van der Waals surface area contributed by atoms with Crippen LogP contribution in [0.4, 0.5) is 5.69 Å². The summed E-state index contributed by atoms with van der Waals surface area (Å²) in [5, 5.41) is 0.398. The number of benzene rings is 1. The number of rotatable bonds is 3. The lowest BCUT2D eigenvalue weighted by Gasteiger charge is -2.22. The lowest BCUT2D eigenvalue weighted by molar-refractivity contribution is -0.129. The molecule has 2 heterocycles. The number of ether oxygens (including phenoxy) is 1. The number of hydrogen-bond acceptors (Lipinski definition) is 7. The quantitative estimate of drug-likeness (QED) is 0.739. The highest BCUT2D eigenvalue weighted by Gasteiger charge is 2.33. The van der Waals surface area contributed by atoms with Gasteiger partial charge in [0.1, 0.15) is 0 Å². The maximum atomic E-state index is 12.2. The molecule has 0 unspecified atom stereocenters. The Labute approximate surface area is 150 Å². The minimum Gasteiger partial charge on any atom is -0.454 e. The van der Waals surface area contributed by atoms with E-state index in [9.17, 15) is 18.0 Å². The van der Waals surface area contributed by atoms with Gasteiger partial charge in [-0.15, -0.1) is 4.40 Å². The first-order chi connectivity index (χ1) is 11.6. The summed E-state index contributed by atoms with van der Waals surface area (Å²) in [6.07, 6.45) is 0. The van der Waals surface area contributed by atoms with Crippen molar-refractivity contribution in [3.63, 3.8) is 0 Å². The molecule has 0 bridgehead atoms. The van der Waals surface area contributed by atoms with Gasteiger partial charge >= 0.3 is 5.97 Å². The van der Waals surface area contributed by atoms with Crippen LogP contribution >= 0.6 is 11.8 Å². The topological polar surface area (TPSA) is 93.1 Å². The molecular weight excluding hydrogens is 364 g/mol. The molecule has 0 radical (unpaired) electrons. The van der Waals surface area contributed by atoms with Crippen molar-refractivity contribution in [2.24, 2.45) is 9.81 Å². The molecule has 0 saturated heterocycles. The largest absolute Gasteiger partial charge is 0.454 e. The molecule has 0 aliphatic carbocycles. The van der Waals surface area contributed by atoms with E-state index in [1.54, 1.807) is 39.0 Å². The van der Waals surface area contributed by atoms with E-state index < -0.39 is 21.4 Å². The average molecular weight is 382 g/mol. The lowest BCUT2D eigenvalue weighted by atomic mass is 9.91. The Balaban J connectivity index is 1.76. The second kappa shape index (κ2) is 6.14. The summed E-state index contributed by atoms with van der Waals surface area (Å²) in [5.74, 6) is -0.775. The number of Topliss-reactive ketones (excluding diaryl/α,β-unsaturated/α-hetero) is 1. The van der Waals surface area contributed by atoms with Crippen LogP contribution in [0.2, 0.25) is 0 Å². The fourth-order valence-electron chi connectivity index (χ4n) is 2.29. The molecule has 0 amide bonds. The summed E-state index contributed by atoms with van der Waals surface area (Å²) in [5.41, 5.74) is 0.568. The van der Waals surface area contributed by atoms with Gasteiger partial charge < -0.3 is 9.64 Å². The smallest absolute Gasteiger partial charge is 0.338 e.